The van der Waals surface area contributed by atoms with E-state index in [2.05, 4.69) is 13.8 Å². The Morgan fingerprint density at radius 1 is 1.14 bits per heavy atom. The fourth-order valence-electron chi connectivity index (χ4n) is 4.15. The Hall–Kier alpha value is -3.30. The topological polar surface area (TPSA) is 81.3 Å². The summed E-state index contributed by atoms with van der Waals surface area (Å²) in [6.07, 6.45) is 8.05. The first-order valence-corrected chi connectivity index (χ1v) is 13.3. The number of nitrogens with zero attached hydrogens (tertiary/aromatic N) is 4. The van der Waals surface area contributed by atoms with E-state index in [0.29, 0.717) is 27.4 Å². The first-order chi connectivity index (χ1) is 17.4. The molecule has 1 amide bonds. The van der Waals surface area contributed by atoms with Crippen LogP contribution in [-0.4, -0.2) is 36.4 Å². The number of thiocarbonyl (C=S) groups is 1. The molecule has 2 heterocycles. The highest BCUT2D eigenvalue weighted by atomic mass is 32.2. The minimum absolute atomic E-state index is 0.0113. The maximum Gasteiger partial charge on any atom is 0.269 e. The summed E-state index contributed by atoms with van der Waals surface area (Å²) in [5.41, 5.74) is 2.98. The highest BCUT2D eigenvalue weighted by Gasteiger charge is 2.33. The molecule has 1 fully saturated rings. The molecule has 4 rings (SSSR count). The Kier molecular flexibility index (Phi) is 8.32. The Morgan fingerprint density at radius 2 is 1.86 bits per heavy atom. The van der Waals surface area contributed by atoms with Gasteiger partial charge in [0.05, 0.1) is 21.2 Å². The van der Waals surface area contributed by atoms with Gasteiger partial charge in [-0.1, -0.05) is 75.3 Å². The van der Waals surface area contributed by atoms with Crippen molar-refractivity contribution in [1.29, 1.82) is 0 Å². The van der Waals surface area contributed by atoms with Crippen molar-refractivity contribution in [3.05, 3.63) is 81.4 Å². The summed E-state index contributed by atoms with van der Waals surface area (Å²) in [5.74, 6) is 0.338. The lowest BCUT2D eigenvalue weighted by Gasteiger charge is -2.21. The van der Waals surface area contributed by atoms with E-state index in [4.69, 9.17) is 17.3 Å². The normalized spacial score (nSPS) is 15.6. The quantitative estimate of drug-likeness (QED) is 0.126. The van der Waals surface area contributed by atoms with Crippen LogP contribution in [0.2, 0.25) is 0 Å². The Labute approximate surface area is 220 Å². The van der Waals surface area contributed by atoms with Crippen LogP contribution in [0.5, 0.6) is 0 Å². The van der Waals surface area contributed by atoms with Crippen LogP contribution >= 0.6 is 24.0 Å². The fourth-order valence-corrected chi connectivity index (χ4v) is 5.41. The van der Waals surface area contributed by atoms with Gasteiger partial charge in [-0.3, -0.25) is 19.8 Å². The second-order valence-electron chi connectivity index (χ2n) is 8.73. The number of nitro groups is 1. The molecule has 36 heavy (non-hydrogen) atoms. The fraction of sp³-hybridized carbons (Fsp3) is 0.296. The molecule has 0 spiro atoms. The maximum absolute atomic E-state index is 13.3. The predicted molar refractivity (Wildman–Crippen MR) is 149 cm³/mol. The number of unbranched alkanes of at least 4 members (excludes halogenated alkanes) is 1. The molecule has 0 N–H and O–H groups in total. The molecule has 1 unspecified atom stereocenters. The number of aromatic nitrogens is 2. The second kappa shape index (κ2) is 11.6. The third kappa shape index (κ3) is 5.74. The Bertz CT molecular complexity index is 1290. The van der Waals surface area contributed by atoms with Crippen molar-refractivity contribution < 1.29 is 9.72 Å². The lowest BCUT2D eigenvalue weighted by atomic mass is 9.99. The standard InChI is InChI=1S/C27H28N4O3S2/c1-3-5-9-19(4-2)17-29-26(32)24(36-27(29)35)16-21-18-30(22-10-7-6-8-11-22)28-25(21)20-12-14-23(15-13-20)31(33)34/h6-8,10-16,18-19H,3-5,9,17H2,1-2H3/b24-16-. The zero-order valence-electron chi connectivity index (χ0n) is 20.3. The monoisotopic (exact) mass is 520 g/mol. The largest absolute Gasteiger partial charge is 0.293 e. The van der Waals surface area contributed by atoms with E-state index < -0.39 is 4.92 Å². The molecular formula is C27H28N4O3S2. The lowest BCUT2D eigenvalue weighted by molar-refractivity contribution is -0.384. The average Bonchev–Trinajstić information content (AvgIpc) is 3.43. The van der Waals surface area contributed by atoms with Gasteiger partial charge < -0.3 is 0 Å². The smallest absolute Gasteiger partial charge is 0.269 e. The summed E-state index contributed by atoms with van der Waals surface area (Å²) in [6.45, 7) is 4.96. The van der Waals surface area contributed by atoms with Crippen molar-refractivity contribution in [3.63, 3.8) is 0 Å². The molecule has 7 nitrogen and oxygen atoms in total. The number of para-hydroxylation sites is 1. The molecule has 0 bridgehead atoms. The molecule has 186 valence electrons. The van der Waals surface area contributed by atoms with Crippen molar-refractivity contribution >= 4 is 46.0 Å². The van der Waals surface area contributed by atoms with Crippen LogP contribution in [0.3, 0.4) is 0 Å². The zero-order chi connectivity index (χ0) is 25.7. The zero-order valence-corrected chi connectivity index (χ0v) is 21.9. The molecule has 0 aliphatic carbocycles. The van der Waals surface area contributed by atoms with E-state index in [1.165, 1.54) is 23.9 Å². The minimum atomic E-state index is -0.428. The van der Waals surface area contributed by atoms with Crippen molar-refractivity contribution in [2.45, 2.75) is 39.5 Å². The van der Waals surface area contributed by atoms with Gasteiger partial charge in [0, 0.05) is 36.0 Å². The maximum atomic E-state index is 13.3. The number of hydrogen-bond donors (Lipinski definition) is 0. The van der Waals surface area contributed by atoms with Crippen LogP contribution in [0, 0.1) is 16.0 Å². The second-order valence-corrected chi connectivity index (χ2v) is 10.4. The molecule has 9 heteroatoms. The number of carbonyl (C=O) groups is 1. The van der Waals surface area contributed by atoms with Crippen LogP contribution in [-0.2, 0) is 4.79 Å². The van der Waals surface area contributed by atoms with Crippen molar-refractivity contribution in [1.82, 2.24) is 14.7 Å². The molecule has 1 atom stereocenters. The van der Waals surface area contributed by atoms with E-state index >= 15 is 0 Å². The molecule has 1 aromatic heterocycles. The molecule has 0 radical (unpaired) electrons. The van der Waals surface area contributed by atoms with E-state index in [1.54, 1.807) is 21.7 Å². The molecule has 1 aliphatic rings. The molecule has 1 saturated heterocycles. The summed E-state index contributed by atoms with van der Waals surface area (Å²) in [4.78, 5) is 26.3. The third-order valence-corrected chi connectivity index (χ3v) is 7.64. The van der Waals surface area contributed by atoms with Gasteiger partial charge in [-0.15, -0.1) is 0 Å². The summed E-state index contributed by atoms with van der Waals surface area (Å²) >= 11 is 6.89. The highest BCUT2D eigenvalue weighted by molar-refractivity contribution is 8.26. The van der Waals surface area contributed by atoms with Crippen LogP contribution < -0.4 is 0 Å². The summed E-state index contributed by atoms with van der Waals surface area (Å²) in [6, 6.07) is 15.9. The molecule has 0 saturated carbocycles. The number of amides is 1. The molecular weight excluding hydrogens is 492 g/mol. The van der Waals surface area contributed by atoms with Crippen LogP contribution in [0.25, 0.3) is 23.0 Å². The number of thioether (sulfide) groups is 1. The number of nitro benzene ring substituents is 1. The number of benzene rings is 2. The minimum Gasteiger partial charge on any atom is -0.293 e. The first kappa shape index (κ1) is 25.8. The summed E-state index contributed by atoms with van der Waals surface area (Å²) in [7, 11) is 0. The SMILES string of the molecule is CCCCC(CC)CN1C(=O)/C(=C/c2cn(-c3ccccc3)nc2-c2ccc([N+](=O)[O-])cc2)SC1=S. The van der Waals surface area contributed by atoms with Crippen molar-refractivity contribution in [3.8, 4) is 16.9 Å². The highest BCUT2D eigenvalue weighted by Crippen LogP contribution is 2.36. The average molecular weight is 521 g/mol. The van der Waals surface area contributed by atoms with Gasteiger partial charge in [-0.25, -0.2) is 4.68 Å². The number of hydrogen-bond acceptors (Lipinski definition) is 6. The Balaban J connectivity index is 1.69. The summed E-state index contributed by atoms with van der Waals surface area (Å²) in [5, 5.41) is 15.9. The van der Waals surface area contributed by atoms with Gasteiger partial charge >= 0.3 is 0 Å². The van der Waals surface area contributed by atoms with E-state index in [-0.39, 0.29) is 11.6 Å². The van der Waals surface area contributed by atoms with Crippen LogP contribution in [0.1, 0.15) is 45.1 Å². The van der Waals surface area contributed by atoms with Crippen LogP contribution in [0.4, 0.5) is 5.69 Å². The Morgan fingerprint density at radius 3 is 2.50 bits per heavy atom. The van der Waals surface area contributed by atoms with Gasteiger partial charge in [-0.2, -0.15) is 5.10 Å². The number of carbonyl (C=O) groups excluding carboxylic acids is 1. The van der Waals surface area contributed by atoms with Gasteiger partial charge in [0.1, 0.15) is 4.32 Å². The first-order valence-electron chi connectivity index (χ1n) is 12.1. The summed E-state index contributed by atoms with van der Waals surface area (Å²) < 4.78 is 2.33. The van der Waals surface area contributed by atoms with Crippen molar-refractivity contribution in [2.75, 3.05) is 6.54 Å². The number of rotatable bonds is 10. The van der Waals surface area contributed by atoms with E-state index in [1.807, 2.05) is 42.6 Å². The van der Waals surface area contributed by atoms with E-state index in [0.717, 1.165) is 42.5 Å². The van der Waals surface area contributed by atoms with Gasteiger partial charge in [-0.05, 0) is 42.7 Å². The van der Waals surface area contributed by atoms with Gasteiger partial charge in [0.15, 0.2) is 0 Å². The van der Waals surface area contributed by atoms with Gasteiger partial charge in [0.2, 0.25) is 0 Å². The third-order valence-electron chi connectivity index (χ3n) is 6.26. The lowest BCUT2D eigenvalue weighted by Crippen LogP contribution is -2.33. The number of non-ortho nitro benzene ring substituents is 1. The van der Waals surface area contributed by atoms with Crippen molar-refractivity contribution in [2.24, 2.45) is 5.92 Å². The molecule has 2 aromatic carbocycles. The van der Waals surface area contributed by atoms with Gasteiger partial charge in [0.25, 0.3) is 11.6 Å². The van der Waals surface area contributed by atoms with Crippen LogP contribution in [0.15, 0.2) is 65.7 Å². The van der Waals surface area contributed by atoms with E-state index in [9.17, 15) is 14.9 Å². The molecule has 1 aliphatic heterocycles. The predicted octanol–water partition coefficient (Wildman–Crippen LogP) is 6.87. The molecule has 3 aromatic rings.